The highest BCUT2D eigenvalue weighted by molar-refractivity contribution is 7.89. The highest BCUT2D eigenvalue weighted by atomic mass is 32.2. The minimum atomic E-state index is -3.68. The molecule has 0 aliphatic rings. The Morgan fingerprint density at radius 3 is 2.33 bits per heavy atom. The summed E-state index contributed by atoms with van der Waals surface area (Å²) in [6.07, 6.45) is 5.06. The second-order valence-corrected chi connectivity index (χ2v) is 7.52. The van der Waals surface area contributed by atoms with E-state index in [9.17, 15) is 13.2 Å². The number of rotatable bonds is 8. The second kappa shape index (κ2) is 9.21. The van der Waals surface area contributed by atoms with E-state index in [-0.39, 0.29) is 23.4 Å². The van der Waals surface area contributed by atoms with E-state index in [1.165, 1.54) is 24.3 Å². The standard InChI is InChI=1S/C20H22N2O4S/c1-4-14-21-27(24,25)19-12-8-17(9-13-19)20(23)22-15(3)16-6-10-18(11-7-16)26-5-2/h1,6-13,15,21H,5,14H2,2-3H3,(H,22,23). The molecule has 0 spiro atoms. The third-order valence-corrected chi connectivity index (χ3v) is 5.25. The van der Waals surface area contributed by atoms with E-state index in [0.29, 0.717) is 12.2 Å². The highest BCUT2D eigenvalue weighted by Gasteiger charge is 2.15. The zero-order chi connectivity index (χ0) is 19.9. The molecule has 27 heavy (non-hydrogen) atoms. The van der Waals surface area contributed by atoms with E-state index in [2.05, 4.69) is 16.0 Å². The summed E-state index contributed by atoms with van der Waals surface area (Å²) in [6, 6.07) is 12.9. The fourth-order valence-electron chi connectivity index (χ4n) is 2.39. The summed E-state index contributed by atoms with van der Waals surface area (Å²) < 4.78 is 31.7. The first kappa shape index (κ1) is 20.5. The zero-order valence-electron chi connectivity index (χ0n) is 15.2. The number of nitrogens with one attached hydrogen (secondary N) is 2. The van der Waals surface area contributed by atoms with Crippen molar-refractivity contribution in [1.29, 1.82) is 0 Å². The molecule has 1 unspecified atom stereocenters. The molecule has 0 saturated heterocycles. The van der Waals surface area contributed by atoms with Crippen molar-refractivity contribution in [3.05, 3.63) is 59.7 Å². The fourth-order valence-corrected chi connectivity index (χ4v) is 3.32. The summed E-state index contributed by atoms with van der Waals surface area (Å²) >= 11 is 0. The summed E-state index contributed by atoms with van der Waals surface area (Å²) in [5.74, 6) is 2.69. The van der Waals surface area contributed by atoms with Crippen LogP contribution in [0, 0.1) is 12.3 Å². The van der Waals surface area contributed by atoms with E-state index >= 15 is 0 Å². The summed E-state index contributed by atoms with van der Waals surface area (Å²) in [4.78, 5) is 12.5. The Morgan fingerprint density at radius 2 is 1.78 bits per heavy atom. The van der Waals surface area contributed by atoms with Crippen LogP contribution < -0.4 is 14.8 Å². The molecule has 0 radical (unpaired) electrons. The lowest BCUT2D eigenvalue weighted by atomic mass is 10.1. The molecule has 0 aromatic heterocycles. The summed E-state index contributed by atoms with van der Waals surface area (Å²) in [7, 11) is -3.68. The van der Waals surface area contributed by atoms with Gasteiger partial charge < -0.3 is 10.1 Å². The van der Waals surface area contributed by atoms with Gasteiger partial charge in [-0.25, -0.2) is 8.42 Å². The predicted molar refractivity (Wildman–Crippen MR) is 104 cm³/mol. The maximum atomic E-state index is 12.4. The van der Waals surface area contributed by atoms with Gasteiger partial charge in [0.2, 0.25) is 10.0 Å². The largest absolute Gasteiger partial charge is 0.494 e. The first-order valence-electron chi connectivity index (χ1n) is 8.44. The van der Waals surface area contributed by atoms with Crippen LogP contribution in [0.2, 0.25) is 0 Å². The van der Waals surface area contributed by atoms with Crippen LogP contribution in [0.5, 0.6) is 5.75 Å². The number of terminal acetylenes is 1. The molecular formula is C20H22N2O4S. The van der Waals surface area contributed by atoms with Gasteiger partial charge in [0.05, 0.1) is 24.1 Å². The zero-order valence-corrected chi connectivity index (χ0v) is 16.0. The number of ether oxygens (including phenoxy) is 1. The molecule has 0 bridgehead atoms. The van der Waals surface area contributed by atoms with E-state index < -0.39 is 10.0 Å². The predicted octanol–water partition coefficient (Wildman–Crippen LogP) is 2.49. The van der Waals surface area contributed by atoms with E-state index in [0.717, 1.165) is 11.3 Å². The van der Waals surface area contributed by atoms with Gasteiger partial charge in [0, 0.05) is 5.56 Å². The van der Waals surface area contributed by atoms with Crippen molar-refractivity contribution in [2.45, 2.75) is 24.8 Å². The number of benzene rings is 2. The van der Waals surface area contributed by atoms with Crippen LogP contribution in [0.1, 0.15) is 35.8 Å². The first-order valence-corrected chi connectivity index (χ1v) is 9.92. The highest BCUT2D eigenvalue weighted by Crippen LogP contribution is 2.18. The van der Waals surface area contributed by atoms with Crippen molar-refractivity contribution >= 4 is 15.9 Å². The number of hydrogen-bond donors (Lipinski definition) is 2. The van der Waals surface area contributed by atoms with Gasteiger partial charge in [-0.2, -0.15) is 4.72 Å². The monoisotopic (exact) mass is 386 g/mol. The normalized spacial score (nSPS) is 12.0. The van der Waals surface area contributed by atoms with Gasteiger partial charge in [0.1, 0.15) is 5.75 Å². The van der Waals surface area contributed by atoms with Gasteiger partial charge in [-0.1, -0.05) is 18.1 Å². The minimum Gasteiger partial charge on any atom is -0.494 e. The molecule has 1 amide bonds. The summed E-state index contributed by atoms with van der Waals surface area (Å²) in [6.45, 7) is 4.29. The molecular weight excluding hydrogens is 364 g/mol. The quantitative estimate of drug-likeness (QED) is 0.683. The van der Waals surface area contributed by atoms with Crippen LogP contribution in [0.4, 0.5) is 0 Å². The smallest absolute Gasteiger partial charge is 0.251 e. The number of amides is 1. The molecule has 2 aromatic rings. The molecule has 1 atom stereocenters. The average Bonchev–Trinajstić information content (AvgIpc) is 2.67. The van der Waals surface area contributed by atoms with Crippen molar-refractivity contribution in [3.63, 3.8) is 0 Å². The molecule has 2 aromatic carbocycles. The van der Waals surface area contributed by atoms with Gasteiger partial charge in [-0.15, -0.1) is 6.42 Å². The van der Waals surface area contributed by atoms with Crippen LogP contribution in [0.25, 0.3) is 0 Å². The third kappa shape index (κ3) is 5.58. The van der Waals surface area contributed by atoms with E-state index in [1.54, 1.807) is 0 Å². The number of carbonyl (C=O) groups excluding carboxylic acids is 1. The Morgan fingerprint density at radius 1 is 1.15 bits per heavy atom. The van der Waals surface area contributed by atoms with Crippen molar-refractivity contribution in [1.82, 2.24) is 10.0 Å². The molecule has 0 fully saturated rings. The van der Waals surface area contributed by atoms with Crippen molar-refractivity contribution in [3.8, 4) is 18.1 Å². The van der Waals surface area contributed by atoms with Crippen molar-refractivity contribution in [2.75, 3.05) is 13.2 Å². The Hall–Kier alpha value is -2.82. The van der Waals surface area contributed by atoms with E-state index in [1.807, 2.05) is 38.1 Å². The Labute approximate surface area is 160 Å². The summed E-state index contributed by atoms with van der Waals surface area (Å²) in [5.41, 5.74) is 1.30. The van der Waals surface area contributed by atoms with E-state index in [4.69, 9.17) is 11.2 Å². The van der Waals surface area contributed by atoms with Crippen LogP contribution in [0.15, 0.2) is 53.4 Å². The lowest BCUT2D eigenvalue weighted by Gasteiger charge is -2.15. The van der Waals surface area contributed by atoms with Crippen LogP contribution in [0.3, 0.4) is 0 Å². The molecule has 142 valence electrons. The third-order valence-electron chi connectivity index (χ3n) is 3.83. The van der Waals surface area contributed by atoms with Gasteiger partial charge >= 0.3 is 0 Å². The van der Waals surface area contributed by atoms with Crippen LogP contribution >= 0.6 is 0 Å². The van der Waals surface area contributed by atoms with Crippen LogP contribution in [-0.2, 0) is 10.0 Å². The molecule has 0 aliphatic heterocycles. The topological polar surface area (TPSA) is 84.5 Å². The second-order valence-electron chi connectivity index (χ2n) is 5.75. The maximum absolute atomic E-state index is 12.4. The molecule has 0 heterocycles. The first-order chi connectivity index (χ1) is 12.9. The number of carbonyl (C=O) groups is 1. The van der Waals surface area contributed by atoms with Gasteiger partial charge in [0.15, 0.2) is 0 Å². The fraction of sp³-hybridized carbons (Fsp3) is 0.250. The Bertz CT molecular complexity index is 914. The van der Waals surface area contributed by atoms with Gasteiger partial charge in [-0.05, 0) is 55.8 Å². The van der Waals surface area contributed by atoms with Crippen molar-refractivity contribution in [2.24, 2.45) is 0 Å². The lowest BCUT2D eigenvalue weighted by Crippen LogP contribution is -2.27. The average molecular weight is 386 g/mol. The SMILES string of the molecule is C#CCNS(=O)(=O)c1ccc(C(=O)NC(C)c2ccc(OCC)cc2)cc1. The van der Waals surface area contributed by atoms with Gasteiger partial charge in [-0.3, -0.25) is 4.79 Å². The molecule has 2 rings (SSSR count). The minimum absolute atomic E-state index is 0.0499. The molecule has 2 N–H and O–H groups in total. The Balaban J connectivity index is 2.04. The molecule has 6 nitrogen and oxygen atoms in total. The molecule has 7 heteroatoms. The number of sulfonamides is 1. The molecule has 0 saturated carbocycles. The lowest BCUT2D eigenvalue weighted by molar-refractivity contribution is 0.0940. The summed E-state index contributed by atoms with van der Waals surface area (Å²) in [5, 5.41) is 2.89. The Kier molecular flexibility index (Phi) is 6.99. The van der Waals surface area contributed by atoms with Crippen LogP contribution in [-0.4, -0.2) is 27.5 Å². The van der Waals surface area contributed by atoms with Gasteiger partial charge in [0.25, 0.3) is 5.91 Å². The molecule has 0 aliphatic carbocycles. The maximum Gasteiger partial charge on any atom is 0.251 e. The van der Waals surface area contributed by atoms with Crippen molar-refractivity contribution < 1.29 is 17.9 Å². The number of hydrogen-bond acceptors (Lipinski definition) is 4.